The molecule has 1 aromatic rings. The van der Waals surface area contributed by atoms with E-state index in [0.717, 1.165) is 12.3 Å². The van der Waals surface area contributed by atoms with Crippen LogP contribution in [0.5, 0.6) is 5.75 Å². The fraction of sp³-hybridized carbons (Fsp3) is 0.625. The highest BCUT2D eigenvalue weighted by molar-refractivity contribution is 5.40. The summed E-state index contributed by atoms with van der Waals surface area (Å²) >= 11 is 0. The van der Waals surface area contributed by atoms with Gasteiger partial charge in [0.25, 0.3) is 0 Å². The van der Waals surface area contributed by atoms with Gasteiger partial charge in [-0.05, 0) is 61.8 Å². The topological polar surface area (TPSA) is 32.3 Å². The number of fused-ring (bicyclic) bond motifs is 1. The van der Waals surface area contributed by atoms with Gasteiger partial charge < -0.3 is 10.4 Å². The predicted octanol–water partition coefficient (Wildman–Crippen LogP) is 3.55. The summed E-state index contributed by atoms with van der Waals surface area (Å²) in [5.41, 5.74) is 2.73. The predicted molar refractivity (Wildman–Crippen MR) is 73.7 cm³/mol. The number of benzene rings is 1. The standard InChI is InChI=1S/C16H23NO/c1-11(12-4-2-3-5-12)17-16-9-6-13-10-14(18)7-8-15(13)16/h7-8,10-12,16-18H,2-6,9H2,1H3/t11-,16?/m1/s1. The molecule has 1 unspecified atom stereocenters. The van der Waals surface area contributed by atoms with Gasteiger partial charge in [-0.2, -0.15) is 0 Å². The number of rotatable bonds is 3. The summed E-state index contributed by atoms with van der Waals surface area (Å²) in [6.45, 7) is 2.34. The van der Waals surface area contributed by atoms with Crippen molar-refractivity contribution in [2.24, 2.45) is 5.92 Å². The lowest BCUT2D eigenvalue weighted by Gasteiger charge is -2.25. The molecule has 0 saturated heterocycles. The Kier molecular flexibility index (Phi) is 3.29. The smallest absolute Gasteiger partial charge is 0.115 e. The molecule has 2 aliphatic carbocycles. The summed E-state index contributed by atoms with van der Waals surface area (Å²) < 4.78 is 0. The maximum atomic E-state index is 9.52. The maximum Gasteiger partial charge on any atom is 0.115 e. The Hall–Kier alpha value is -1.02. The van der Waals surface area contributed by atoms with E-state index in [1.165, 1.54) is 43.2 Å². The average Bonchev–Trinajstić information content (AvgIpc) is 2.98. The summed E-state index contributed by atoms with van der Waals surface area (Å²) in [7, 11) is 0. The van der Waals surface area contributed by atoms with Crippen LogP contribution in [0.15, 0.2) is 18.2 Å². The van der Waals surface area contributed by atoms with E-state index in [1.54, 1.807) is 0 Å². The molecule has 0 aliphatic heterocycles. The molecule has 1 aromatic carbocycles. The molecule has 1 saturated carbocycles. The minimum atomic E-state index is 0.401. The minimum absolute atomic E-state index is 0.401. The van der Waals surface area contributed by atoms with Gasteiger partial charge >= 0.3 is 0 Å². The second kappa shape index (κ2) is 4.93. The van der Waals surface area contributed by atoms with E-state index in [2.05, 4.69) is 18.3 Å². The highest BCUT2D eigenvalue weighted by atomic mass is 16.3. The van der Waals surface area contributed by atoms with Gasteiger partial charge in [-0.3, -0.25) is 0 Å². The zero-order chi connectivity index (χ0) is 12.5. The molecule has 1 fully saturated rings. The van der Waals surface area contributed by atoms with E-state index in [4.69, 9.17) is 0 Å². The highest BCUT2D eigenvalue weighted by Gasteiger charge is 2.27. The normalized spacial score (nSPS) is 25.3. The van der Waals surface area contributed by atoms with Gasteiger partial charge in [0.2, 0.25) is 0 Å². The van der Waals surface area contributed by atoms with Crippen LogP contribution in [0, 0.1) is 5.92 Å². The molecule has 2 atom stereocenters. The molecule has 2 nitrogen and oxygen atoms in total. The second-order valence-corrected chi connectivity index (χ2v) is 5.97. The molecular weight excluding hydrogens is 222 g/mol. The van der Waals surface area contributed by atoms with Gasteiger partial charge in [0.05, 0.1) is 0 Å². The summed E-state index contributed by atoms with van der Waals surface area (Å²) in [6.07, 6.45) is 7.87. The van der Waals surface area contributed by atoms with Crippen molar-refractivity contribution in [3.05, 3.63) is 29.3 Å². The minimum Gasteiger partial charge on any atom is -0.508 e. The summed E-state index contributed by atoms with van der Waals surface area (Å²) in [5.74, 6) is 1.27. The van der Waals surface area contributed by atoms with Gasteiger partial charge in [0, 0.05) is 12.1 Å². The van der Waals surface area contributed by atoms with Crippen molar-refractivity contribution in [1.82, 2.24) is 5.32 Å². The molecule has 0 bridgehead atoms. The lowest BCUT2D eigenvalue weighted by atomic mass is 9.98. The van der Waals surface area contributed by atoms with Crippen LogP contribution in [0.3, 0.4) is 0 Å². The molecule has 0 amide bonds. The quantitative estimate of drug-likeness (QED) is 0.853. The molecule has 18 heavy (non-hydrogen) atoms. The van der Waals surface area contributed by atoms with Crippen LogP contribution in [0.25, 0.3) is 0 Å². The van der Waals surface area contributed by atoms with E-state index >= 15 is 0 Å². The van der Waals surface area contributed by atoms with Gasteiger partial charge in [-0.1, -0.05) is 18.9 Å². The lowest BCUT2D eigenvalue weighted by Crippen LogP contribution is -2.34. The number of phenols is 1. The van der Waals surface area contributed by atoms with Crippen LogP contribution in [0.4, 0.5) is 0 Å². The van der Waals surface area contributed by atoms with Crippen LogP contribution in [-0.2, 0) is 6.42 Å². The van der Waals surface area contributed by atoms with Crippen LogP contribution in [0.2, 0.25) is 0 Å². The molecule has 0 spiro atoms. The summed E-state index contributed by atoms with van der Waals surface area (Å²) in [5, 5.41) is 13.3. The third-order valence-electron chi connectivity index (χ3n) is 4.78. The van der Waals surface area contributed by atoms with E-state index in [1.807, 2.05) is 12.1 Å². The fourth-order valence-electron chi connectivity index (χ4n) is 3.69. The Morgan fingerprint density at radius 2 is 2.00 bits per heavy atom. The largest absolute Gasteiger partial charge is 0.508 e. The van der Waals surface area contributed by atoms with Crippen molar-refractivity contribution < 1.29 is 5.11 Å². The van der Waals surface area contributed by atoms with Gasteiger partial charge in [0.15, 0.2) is 0 Å². The number of hydrogen-bond acceptors (Lipinski definition) is 2. The summed E-state index contributed by atoms with van der Waals surface area (Å²) in [6, 6.07) is 6.96. The number of aromatic hydroxyl groups is 1. The Morgan fingerprint density at radius 3 is 2.78 bits per heavy atom. The Bertz CT molecular complexity index is 423. The highest BCUT2D eigenvalue weighted by Crippen LogP contribution is 2.35. The molecule has 3 rings (SSSR count). The third kappa shape index (κ3) is 2.26. The van der Waals surface area contributed by atoms with Crippen molar-refractivity contribution in [2.75, 3.05) is 0 Å². The first kappa shape index (κ1) is 12.0. The molecule has 0 heterocycles. The van der Waals surface area contributed by atoms with E-state index in [-0.39, 0.29) is 0 Å². The van der Waals surface area contributed by atoms with Crippen molar-refractivity contribution in [3.8, 4) is 5.75 Å². The molecule has 0 aromatic heterocycles. The van der Waals surface area contributed by atoms with Crippen molar-refractivity contribution in [1.29, 1.82) is 0 Å². The summed E-state index contributed by atoms with van der Waals surface area (Å²) in [4.78, 5) is 0. The zero-order valence-corrected chi connectivity index (χ0v) is 11.2. The number of nitrogens with one attached hydrogen (secondary N) is 1. The lowest BCUT2D eigenvalue weighted by molar-refractivity contribution is 0.342. The van der Waals surface area contributed by atoms with Crippen molar-refractivity contribution >= 4 is 0 Å². The van der Waals surface area contributed by atoms with Crippen molar-refractivity contribution in [2.45, 2.75) is 57.5 Å². The number of phenolic OH excluding ortho intramolecular Hbond substituents is 1. The fourth-order valence-corrected chi connectivity index (χ4v) is 3.69. The van der Waals surface area contributed by atoms with Crippen molar-refractivity contribution in [3.63, 3.8) is 0 Å². The first-order valence-electron chi connectivity index (χ1n) is 7.32. The third-order valence-corrected chi connectivity index (χ3v) is 4.78. The molecule has 98 valence electrons. The van der Waals surface area contributed by atoms with Crippen LogP contribution in [0.1, 0.15) is 56.2 Å². The Morgan fingerprint density at radius 1 is 1.22 bits per heavy atom. The first-order valence-corrected chi connectivity index (χ1v) is 7.32. The maximum absolute atomic E-state index is 9.52. The van der Waals surface area contributed by atoms with Gasteiger partial charge in [-0.25, -0.2) is 0 Å². The number of aryl methyl sites for hydroxylation is 1. The first-order chi connectivity index (χ1) is 8.74. The molecule has 2 N–H and O–H groups in total. The SMILES string of the molecule is C[C@@H](NC1CCc2cc(O)ccc21)C1CCCC1. The number of hydrogen-bond donors (Lipinski definition) is 2. The van der Waals surface area contributed by atoms with Crippen LogP contribution in [-0.4, -0.2) is 11.1 Å². The van der Waals surface area contributed by atoms with E-state index in [0.29, 0.717) is 17.8 Å². The van der Waals surface area contributed by atoms with Gasteiger partial charge in [-0.15, -0.1) is 0 Å². The second-order valence-electron chi connectivity index (χ2n) is 5.97. The molecule has 2 heteroatoms. The van der Waals surface area contributed by atoms with E-state index in [9.17, 15) is 5.11 Å². The van der Waals surface area contributed by atoms with Crippen LogP contribution >= 0.6 is 0 Å². The molecule has 2 aliphatic rings. The molecule has 0 radical (unpaired) electrons. The average molecular weight is 245 g/mol. The Labute approximate surface area is 109 Å². The van der Waals surface area contributed by atoms with Gasteiger partial charge in [0.1, 0.15) is 5.75 Å². The Balaban J connectivity index is 1.68. The van der Waals surface area contributed by atoms with Crippen LogP contribution < -0.4 is 5.32 Å². The zero-order valence-electron chi connectivity index (χ0n) is 11.2. The molecular formula is C16H23NO. The van der Waals surface area contributed by atoms with E-state index < -0.39 is 0 Å². The monoisotopic (exact) mass is 245 g/mol.